The minimum atomic E-state index is -1.23. The van der Waals surface area contributed by atoms with Gasteiger partial charge in [-0.15, -0.1) is 0 Å². The number of pyridine rings is 1. The number of carbonyl (C=O) groups excluding carboxylic acids is 2. The molecule has 1 atom stereocenters. The Kier molecular flexibility index (Phi) is 5.45. The summed E-state index contributed by atoms with van der Waals surface area (Å²) in [7, 11) is 0. The first-order valence-corrected chi connectivity index (χ1v) is 5.89. The number of anilines is 1. The Hall–Kier alpha value is -2.64. The van der Waals surface area contributed by atoms with Crippen molar-refractivity contribution in [2.75, 3.05) is 5.32 Å². The molecule has 0 bridgehead atoms. The van der Waals surface area contributed by atoms with E-state index in [1.165, 1.54) is 6.20 Å². The van der Waals surface area contributed by atoms with E-state index in [0.29, 0.717) is 5.69 Å². The molecule has 20 heavy (non-hydrogen) atoms. The van der Waals surface area contributed by atoms with Gasteiger partial charge in [-0.25, -0.2) is 9.59 Å². The van der Waals surface area contributed by atoms with Gasteiger partial charge >= 0.3 is 12.0 Å². The van der Waals surface area contributed by atoms with Crippen LogP contribution in [0.1, 0.15) is 18.5 Å². The van der Waals surface area contributed by atoms with Crippen LogP contribution in [0.5, 0.6) is 0 Å². The van der Waals surface area contributed by atoms with Crippen molar-refractivity contribution in [1.29, 1.82) is 0 Å². The van der Waals surface area contributed by atoms with E-state index in [4.69, 9.17) is 10.8 Å². The van der Waals surface area contributed by atoms with Gasteiger partial charge in [0.15, 0.2) is 0 Å². The maximum atomic E-state index is 11.6. The molecular formula is C12H16N4O4. The molecule has 0 aromatic carbocycles. The predicted octanol–water partition coefficient (Wildman–Crippen LogP) is 0.230. The molecule has 5 N–H and O–H groups in total. The number of rotatable bonds is 6. The van der Waals surface area contributed by atoms with E-state index in [1.807, 2.05) is 0 Å². The van der Waals surface area contributed by atoms with Gasteiger partial charge in [-0.05, 0) is 25.5 Å². The summed E-state index contributed by atoms with van der Waals surface area (Å²) in [6, 6.07) is 1.48. The van der Waals surface area contributed by atoms with Crippen LogP contribution in [0.25, 0.3) is 0 Å². The van der Waals surface area contributed by atoms with Gasteiger partial charge in [0.25, 0.3) is 0 Å². The second kappa shape index (κ2) is 7.07. The molecule has 0 aliphatic heterocycles. The highest BCUT2D eigenvalue weighted by Crippen LogP contribution is 2.05. The molecule has 1 aromatic rings. The lowest BCUT2D eigenvalue weighted by atomic mass is 10.1. The number of aromatic nitrogens is 1. The highest BCUT2D eigenvalue weighted by atomic mass is 16.4. The van der Waals surface area contributed by atoms with Crippen molar-refractivity contribution in [3.05, 3.63) is 24.0 Å². The van der Waals surface area contributed by atoms with Gasteiger partial charge in [-0.2, -0.15) is 0 Å². The van der Waals surface area contributed by atoms with Crippen molar-refractivity contribution >= 4 is 23.6 Å². The van der Waals surface area contributed by atoms with Crippen LogP contribution in [0.2, 0.25) is 0 Å². The number of nitrogens with one attached hydrogen (secondary N) is 2. The lowest BCUT2D eigenvalue weighted by molar-refractivity contribution is -0.139. The number of carboxylic acid groups (broad SMARTS) is 1. The van der Waals surface area contributed by atoms with Gasteiger partial charge in [-0.3, -0.25) is 9.78 Å². The average molecular weight is 280 g/mol. The Morgan fingerprint density at radius 3 is 2.60 bits per heavy atom. The number of amides is 3. The van der Waals surface area contributed by atoms with Crippen molar-refractivity contribution < 1.29 is 19.5 Å². The second-order valence-electron chi connectivity index (χ2n) is 4.18. The molecule has 3 amide bonds. The Bertz CT molecular complexity index is 501. The molecule has 8 nitrogen and oxygen atoms in total. The van der Waals surface area contributed by atoms with Crippen LogP contribution in [0, 0.1) is 6.92 Å². The lowest BCUT2D eigenvalue weighted by Gasteiger charge is -2.14. The zero-order valence-corrected chi connectivity index (χ0v) is 10.9. The summed E-state index contributed by atoms with van der Waals surface area (Å²) in [6.45, 7) is 1.80. The molecule has 0 saturated carbocycles. The van der Waals surface area contributed by atoms with Crippen LogP contribution < -0.4 is 16.4 Å². The van der Waals surface area contributed by atoms with E-state index in [9.17, 15) is 14.4 Å². The molecule has 1 heterocycles. The van der Waals surface area contributed by atoms with E-state index in [1.54, 1.807) is 19.1 Å². The van der Waals surface area contributed by atoms with Gasteiger partial charge in [0.05, 0.1) is 11.9 Å². The van der Waals surface area contributed by atoms with Crippen LogP contribution >= 0.6 is 0 Å². The van der Waals surface area contributed by atoms with E-state index >= 15 is 0 Å². The molecule has 0 spiro atoms. The Balaban J connectivity index is 2.55. The summed E-state index contributed by atoms with van der Waals surface area (Å²) in [5.41, 5.74) is 6.17. The molecule has 1 rings (SSSR count). The van der Waals surface area contributed by atoms with E-state index in [2.05, 4.69) is 15.6 Å². The van der Waals surface area contributed by atoms with Crippen molar-refractivity contribution in [2.45, 2.75) is 25.8 Å². The molecular weight excluding hydrogens is 264 g/mol. The first kappa shape index (κ1) is 15.4. The third kappa shape index (κ3) is 5.34. The Morgan fingerprint density at radius 1 is 1.40 bits per heavy atom. The minimum Gasteiger partial charge on any atom is -0.480 e. The maximum absolute atomic E-state index is 11.6. The number of hydrogen-bond acceptors (Lipinski definition) is 4. The normalized spacial score (nSPS) is 11.4. The number of aliphatic carboxylic acids is 1. The summed E-state index contributed by atoms with van der Waals surface area (Å²) in [5.74, 6) is -1.86. The average Bonchev–Trinajstić information content (AvgIpc) is 2.36. The number of carboxylic acids is 1. The number of urea groups is 1. The number of nitrogens with zero attached hydrogens (tertiary/aromatic N) is 1. The summed E-state index contributed by atoms with van der Waals surface area (Å²) in [5, 5.41) is 13.6. The third-order valence-corrected chi connectivity index (χ3v) is 2.45. The zero-order chi connectivity index (χ0) is 15.1. The minimum absolute atomic E-state index is 0.0652. The quantitative estimate of drug-likeness (QED) is 0.591. The number of carbonyl (C=O) groups is 3. The second-order valence-corrected chi connectivity index (χ2v) is 4.18. The third-order valence-electron chi connectivity index (χ3n) is 2.45. The molecule has 8 heteroatoms. The predicted molar refractivity (Wildman–Crippen MR) is 71.0 cm³/mol. The Morgan fingerprint density at radius 2 is 2.10 bits per heavy atom. The summed E-state index contributed by atoms with van der Waals surface area (Å²) in [4.78, 5) is 37.2. The smallest absolute Gasteiger partial charge is 0.326 e. The molecule has 0 saturated heterocycles. The van der Waals surface area contributed by atoms with E-state index in [0.717, 1.165) is 5.69 Å². The van der Waals surface area contributed by atoms with Crippen molar-refractivity contribution in [1.82, 2.24) is 10.3 Å². The maximum Gasteiger partial charge on any atom is 0.326 e. The first-order valence-electron chi connectivity index (χ1n) is 5.89. The van der Waals surface area contributed by atoms with Crippen LogP contribution in [-0.4, -0.2) is 34.0 Å². The number of nitrogens with two attached hydrogens (primary N) is 1. The summed E-state index contributed by atoms with van der Waals surface area (Å²) >= 11 is 0. The summed E-state index contributed by atoms with van der Waals surface area (Å²) in [6.07, 6.45) is 1.27. The van der Waals surface area contributed by atoms with Gasteiger partial charge in [0.1, 0.15) is 6.04 Å². The molecule has 0 unspecified atom stereocenters. The fraction of sp³-hybridized carbons (Fsp3) is 0.333. The van der Waals surface area contributed by atoms with Crippen molar-refractivity contribution in [3.63, 3.8) is 0 Å². The fourth-order valence-corrected chi connectivity index (χ4v) is 1.41. The SMILES string of the molecule is Cc1ccc(NC(=O)N[C@@H](CCC(N)=O)C(=O)O)cn1. The molecule has 0 radical (unpaired) electrons. The standard InChI is InChI=1S/C12H16N4O4/c1-7-2-3-8(6-14-7)15-12(20)16-9(11(18)19)4-5-10(13)17/h2-3,6,9H,4-5H2,1H3,(H2,13,17)(H,18,19)(H2,15,16,20)/t9-/m0/s1. The molecule has 108 valence electrons. The van der Waals surface area contributed by atoms with Crippen LogP contribution in [0.4, 0.5) is 10.5 Å². The lowest BCUT2D eigenvalue weighted by Crippen LogP contribution is -2.43. The van der Waals surface area contributed by atoms with Gasteiger partial charge in [-0.1, -0.05) is 0 Å². The van der Waals surface area contributed by atoms with E-state index < -0.39 is 23.9 Å². The molecule has 0 aliphatic carbocycles. The van der Waals surface area contributed by atoms with Crippen LogP contribution in [-0.2, 0) is 9.59 Å². The highest BCUT2D eigenvalue weighted by Gasteiger charge is 2.20. The summed E-state index contributed by atoms with van der Waals surface area (Å²) < 4.78 is 0. The largest absolute Gasteiger partial charge is 0.480 e. The van der Waals surface area contributed by atoms with Gasteiger partial charge < -0.3 is 21.5 Å². The fourth-order valence-electron chi connectivity index (χ4n) is 1.41. The molecule has 1 aromatic heterocycles. The van der Waals surface area contributed by atoms with E-state index in [-0.39, 0.29) is 12.8 Å². The number of primary amides is 1. The van der Waals surface area contributed by atoms with Crippen molar-refractivity contribution in [3.8, 4) is 0 Å². The highest BCUT2D eigenvalue weighted by molar-refractivity contribution is 5.92. The number of aryl methyl sites for hydroxylation is 1. The van der Waals surface area contributed by atoms with Crippen LogP contribution in [0.3, 0.4) is 0 Å². The monoisotopic (exact) mass is 280 g/mol. The number of hydrogen-bond donors (Lipinski definition) is 4. The van der Waals surface area contributed by atoms with Gasteiger partial charge in [0.2, 0.25) is 5.91 Å². The molecule has 0 aliphatic rings. The zero-order valence-electron chi connectivity index (χ0n) is 10.9. The molecule has 0 fully saturated rings. The Labute approximate surface area is 115 Å². The van der Waals surface area contributed by atoms with Crippen molar-refractivity contribution in [2.24, 2.45) is 5.73 Å². The topological polar surface area (TPSA) is 134 Å². The first-order chi connectivity index (χ1) is 9.38. The van der Waals surface area contributed by atoms with Gasteiger partial charge in [0, 0.05) is 12.1 Å². The van der Waals surface area contributed by atoms with Crippen LogP contribution in [0.15, 0.2) is 18.3 Å².